The number of hydrogen-bond donors (Lipinski definition) is 2. The molecule has 6 heteroatoms. The second-order valence-corrected chi connectivity index (χ2v) is 8.57. The van der Waals surface area contributed by atoms with Gasteiger partial charge in [-0.15, -0.1) is 0 Å². The Bertz CT molecular complexity index is 1340. The standard InChI is InChI=1S/C26H23FN4O/c27-21-6-8-24-23(12-21)25(13-28-24)29-26(32)31-15-19-5-7-22(11-20(19)16-31)30-10-9-17-3-1-2-4-18(17)14-30/h1-8,11-13,28H,9-10,14-16H2,(H,29,32). The minimum Gasteiger partial charge on any atom is -0.367 e. The van der Waals surface area contributed by atoms with E-state index in [4.69, 9.17) is 0 Å². The summed E-state index contributed by atoms with van der Waals surface area (Å²) in [6, 6.07) is 19.5. The summed E-state index contributed by atoms with van der Waals surface area (Å²) in [5.74, 6) is -0.325. The first kappa shape index (κ1) is 18.9. The highest BCUT2D eigenvalue weighted by Crippen LogP contribution is 2.31. The molecule has 0 bridgehead atoms. The van der Waals surface area contributed by atoms with Crippen molar-refractivity contribution in [3.63, 3.8) is 0 Å². The molecule has 0 unspecified atom stereocenters. The Hall–Kier alpha value is -3.80. The smallest absolute Gasteiger partial charge is 0.322 e. The molecule has 0 spiro atoms. The second kappa shape index (κ2) is 7.41. The number of halogens is 1. The van der Waals surface area contributed by atoms with Gasteiger partial charge in [0.25, 0.3) is 0 Å². The number of carbonyl (C=O) groups is 1. The van der Waals surface area contributed by atoms with Crippen LogP contribution in [0.1, 0.15) is 22.3 Å². The number of urea groups is 1. The van der Waals surface area contributed by atoms with E-state index in [-0.39, 0.29) is 11.8 Å². The maximum absolute atomic E-state index is 13.6. The largest absolute Gasteiger partial charge is 0.367 e. The quantitative estimate of drug-likeness (QED) is 0.450. The molecule has 3 heterocycles. The molecular weight excluding hydrogens is 403 g/mol. The fraction of sp³-hybridized carbons (Fsp3) is 0.192. The molecule has 2 aliphatic rings. The van der Waals surface area contributed by atoms with Crippen molar-refractivity contribution in [1.29, 1.82) is 0 Å². The van der Waals surface area contributed by atoms with Crippen molar-refractivity contribution >= 4 is 28.3 Å². The Morgan fingerprint density at radius 2 is 1.72 bits per heavy atom. The molecule has 5 nitrogen and oxygen atoms in total. The van der Waals surface area contributed by atoms with E-state index < -0.39 is 0 Å². The van der Waals surface area contributed by atoms with Gasteiger partial charge in [0, 0.05) is 49.0 Å². The molecule has 160 valence electrons. The van der Waals surface area contributed by atoms with Crippen LogP contribution in [0.25, 0.3) is 10.9 Å². The van der Waals surface area contributed by atoms with Crippen molar-refractivity contribution < 1.29 is 9.18 Å². The van der Waals surface area contributed by atoms with E-state index in [1.807, 2.05) is 0 Å². The molecule has 4 aromatic rings. The molecule has 2 aliphatic heterocycles. The van der Waals surface area contributed by atoms with Gasteiger partial charge < -0.3 is 20.1 Å². The van der Waals surface area contributed by atoms with Gasteiger partial charge in [0.1, 0.15) is 5.82 Å². The van der Waals surface area contributed by atoms with E-state index >= 15 is 0 Å². The number of aromatic amines is 1. The number of nitrogens with zero attached hydrogens (tertiary/aromatic N) is 2. The first-order valence-corrected chi connectivity index (χ1v) is 10.9. The summed E-state index contributed by atoms with van der Waals surface area (Å²) in [4.78, 5) is 20.2. The number of H-pyrrole nitrogens is 1. The van der Waals surface area contributed by atoms with Crippen LogP contribution in [-0.2, 0) is 26.1 Å². The molecular formula is C26H23FN4O. The van der Waals surface area contributed by atoms with Gasteiger partial charge in [0.2, 0.25) is 0 Å². The summed E-state index contributed by atoms with van der Waals surface area (Å²) in [6.45, 7) is 3.05. The lowest BCUT2D eigenvalue weighted by molar-refractivity contribution is 0.212. The van der Waals surface area contributed by atoms with Crippen molar-refractivity contribution in [2.24, 2.45) is 0 Å². The fourth-order valence-corrected chi connectivity index (χ4v) is 4.83. The zero-order valence-electron chi connectivity index (χ0n) is 17.6. The van der Waals surface area contributed by atoms with Crippen LogP contribution in [0, 0.1) is 5.82 Å². The number of rotatable bonds is 2. The van der Waals surface area contributed by atoms with E-state index in [2.05, 4.69) is 57.7 Å². The highest BCUT2D eigenvalue weighted by molar-refractivity contribution is 6.01. The first-order chi connectivity index (χ1) is 15.6. The Morgan fingerprint density at radius 3 is 2.62 bits per heavy atom. The maximum Gasteiger partial charge on any atom is 0.322 e. The number of amides is 2. The molecule has 0 aliphatic carbocycles. The molecule has 32 heavy (non-hydrogen) atoms. The van der Waals surface area contributed by atoms with Gasteiger partial charge in [-0.1, -0.05) is 30.3 Å². The lowest BCUT2D eigenvalue weighted by atomic mass is 9.99. The lowest BCUT2D eigenvalue weighted by Gasteiger charge is -2.31. The first-order valence-electron chi connectivity index (χ1n) is 10.9. The van der Waals surface area contributed by atoms with Gasteiger partial charge in [0.05, 0.1) is 5.69 Å². The third-order valence-corrected chi connectivity index (χ3v) is 6.58. The van der Waals surface area contributed by atoms with Crippen LogP contribution >= 0.6 is 0 Å². The van der Waals surface area contributed by atoms with Crippen LogP contribution in [0.3, 0.4) is 0 Å². The predicted molar refractivity (Wildman–Crippen MR) is 124 cm³/mol. The molecule has 0 radical (unpaired) electrons. The van der Waals surface area contributed by atoms with Crippen LogP contribution in [0.4, 0.5) is 20.6 Å². The number of benzene rings is 3. The monoisotopic (exact) mass is 426 g/mol. The van der Waals surface area contributed by atoms with Gasteiger partial charge in [-0.25, -0.2) is 9.18 Å². The molecule has 2 N–H and O–H groups in total. The van der Waals surface area contributed by atoms with Crippen LogP contribution in [0.15, 0.2) is 66.9 Å². The van der Waals surface area contributed by atoms with E-state index in [0.717, 1.165) is 25.0 Å². The van der Waals surface area contributed by atoms with Crippen LogP contribution in [-0.4, -0.2) is 22.5 Å². The van der Waals surface area contributed by atoms with Crippen LogP contribution in [0.5, 0.6) is 0 Å². The molecule has 0 atom stereocenters. The number of fused-ring (bicyclic) bond motifs is 3. The van der Waals surface area contributed by atoms with Gasteiger partial charge >= 0.3 is 6.03 Å². The normalized spacial score (nSPS) is 15.0. The van der Waals surface area contributed by atoms with Crippen molar-refractivity contribution in [3.05, 3.63) is 94.9 Å². The Kier molecular flexibility index (Phi) is 4.38. The van der Waals surface area contributed by atoms with Gasteiger partial charge in [0.15, 0.2) is 0 Å². The second-order valence-electron chi connectivity index (χ2n) is 8.57. The molecule has 2 amide bonds. The number of aromatic nitrogens is 1. The van der Waals surface area contributed by atoms with Crippen LogP contribution < -0.4 is 10.2 Å². The Morgan fingerprint density at radius 1 is 0.906 bits per heavy atom. The molecule has 0 saturated heterocycles. The number of nitrogens with one attached hydrogen (secondary N) is 2. The summed E-state index contributed by atoms with van der Waals surface area (Å²) in [5, 5.41) is 3.61. The van der Waals surface area contributed by atoms with E-state index in [1.165, 1.54) is 40.1 Å². The van der Waals surface area contributed by atoms with Crippen molar-refractivity contribution in [3.8, 4) is 0 Å². The third-order valence-electron chi connectivity index (χ3n) is 6.58. The Balaban J connectivity index is 1.18. The minimum atomic E-state index is -0.325. The number of hydrogen-bond acceptors (Lipinski definition) is 2. The molecule has 6 rings (SSSR count). The number of carbonyl (C=O) groups excluding carboxylic acids is 1. The van der Waals surface area contributed by atoms with Crippen molar-refractivity contribution in [2.75, 3.05) is 16.8 Å². The summed E-state index contributed by atoms with van der Waals surface area (Å²) in [5.41, 5.74) is 7.76. The topological polar surface area (TPSA) is 51.4 Å². The molecule has 3 aromatic carbocycles. The average molecular weight is 426 g/mol. The minimum absolute atomic E-state index is 0.181. The fourth-order valence-electron chi connectivity index (χ4n) is 4.83. The molecule has 0 saturated carbocycles. The molecule has 1 aromatic heterocycles. The third kappa shape index (κ3) is 3.28. The highest BCUT2D eigenvalue weighted by Gasteiger charge is 2.25. The predicted octanol–water partition coefficient (Wildman–Crippen LogP) is 5.42. The summed E-state index contributed by atoms with van der Waals surface area (Å²) in [7, 11) is 0. The summed E-state index contributed by atoms with van der Waals surface area (Å²) < 4.78 is 13.6. The van der Waals surface area contributed by atoms with Gasteiger partial charge in [-0.05, 0) is 59.0 Å². The maximum atomic E-state index is 13.6. The van der Waals surface area contributed by atoms with Crippen molar-refractivity contribution in [2.45, 2.75) is 26.1 Å². The molecule has 0 fully saturated rings. The average Bonchev–Trinajstić information content (AvgIpc) is 3.42. The number of anilines is 2. The van der Waals surface area contributed by atoms with Crippen LogP contribution in [0.2, 0.25) is 0 Å². The zero-order chi connectivity index (χ0) is 21.7. The zero-order valence-corrected chi connectivity index (χ0v) is 17.6. The van der Waals surface area contributed by atoms with E-state index in [0.29, 0.717) is 24.2 Å². The van der Waals surface area contributed by atoms with E-state index in [1.54, 1.807) is 17.2 Å². The SMILES string of the molecule is O=C(Nc1c[nH]c2ccc(F)cc12)N1Cc2ccc(N3CCc4ccccc4C3)cc2C1. The lowest BCUT2D eigenvalue weighted by Crippen LogP contribution is -2.30. The summed E-state index contributed by atoms with van der Waals surface area (Å²) >= 11 is 0. The van der Waals surface area contributed by atoms with Crippen molar-refractivity contribution in [1.82, 2.24) is 9.88 Å². The van der Waals surface area contributed by atoms with Gasteiger partial charge in [-0.2, -0.15) is 0 Å². The Labute approximate surface area is 185 Å². The van der Waals surface area contributed by atoms with Gasteiger partial charge in [-0.3, -0.25) is 0 Å². The van der Waals surface area contributed by atoms with E-state index in [9.17, 15) is 9.18 Å². The summed E-state index contributed by atoms with van der Waals surface area (Å²) in [6.07, 6.45) is 2.75. The highest BCUT2D eigenvalue weighted by atomic mass is 19.1.